The van der Waals surface area contributed by atoms with E-state index in [1.54, 1.807) is 12.1 Å². The highest BCUT2D eigenvalue weighted by atomic mass is 16.7. The van der Waals surface area contributed by atoms with Crippen LogP contribution in [-0.2, 0) is 5.60 Å². The van der Waals surface area contributed by atoms with Gasteiger partial charge < -0.3 is 14.6 Å². The standard InChI is InChI=1S/C15H18O3/c1-3-5-9-15(16,8-4-2)13-7-6-12-10-14(13)18-11-17-12/h6-8,10,16H,2-3,5,9,11H2,1H3. The van der Waals surface area contributed by atoms with E-state index in [9.17, 15) is 5.11 Å². The van der Waals surface area contributed by atoms with Gasteiger partial charge in [0.25, 0.3) is 0 Å². The monoisotopic (exact) mass is 246 g/mol. The minimum Gasteiger partial charge on any atom is -0.457 e. The number of hydrogen-bond acceptors (Lipinski definition) is 3. The third kappa shape index (κ3) is 2.42. The Morgan fingerprint density at radius 2 is 2.33 bits per heavy atom. The van der Waals surface area contributed by atoms with E-state index in [-0.39, 0.29) is 6.79 Å². The fraction of sp³-hybridized carbons (Fsp3) is 0.400. The highest BCUT2D eigenvalue weighted by Crippen LogP contribution is 2.38. The van der Waals surface area contributed by atoms with E-state index in [0.717, 1.165) is 24.2 Å². The first-order chi connectivity index (χ1) is 8.69. The van der Waals surface area contributed by atoms with Crippen LogP contribution in [0.2, 0.25) is 0 Å². The molecule has 1 N–H and O–H groups in total. The topological polar surface area (TPSA) is 38.7 Å². The number of ether oxygens (including phenoxy) is 2. The second-order valence-corrected chi connectivity index (χ2v) is 4.44. The Kier molecular flexibility index (Phi) is 3.75. The van der Waals surface area contributed by atoms with Crippen LogP contribution in [0.5, 0.6) is 11.5 Å². The summed E-state index contributed by atoms with van der Waals surface area (Å²) in [6.07, 6.45) is 4.17. The molecule has 3 heteroatoms. The van der Waals surface area contributed by atoms with E-state index in [1.807, 2.05) is 12.1 Å². The van der Waals surface area contributed by atoms with Crippen molar-refractivity contribution >= 4 is 0 Å². The molecule has 1 unspecified atom stereocenters. The van der Waals surface area contributed by atoms with Gasteiger partial charge in [-0.15, -0.1) is 5.73 Å². The number of benzene rings is 1. The maximum atomic E-state index is 10.8. The summed E-state index contributed by atoms with van der Waals surface area (Å²) in [5.74, 6) is 1.43. The number of rotatable bonds is 5. The van der Waals surface area contributed by atoms with E-state index in [0.29, 0.717) is 12.2 Å². The molecule has 0 amide bonds. The third-order valence-corrected chi connectivity index (χ3v) is 3.11. The van der Waals surface area contributed by atoms with Crippen LogP contribution in [0.15, 0.2) is 36.6 Å². The quantitative estimate of drug-likeness (QED) is 0.811. The predicted octanol–water partition coefficient (Wildman–Crippen LogP) is 3.13. The molecule has 1 aromatic carbocycles. The third-order valence-electron chi connectivity index (χ3n) is 3.11. The van der Waals surface area contributed by atoms with Crippen molar-refractivity contribution in [3.05, 3.63) is 42.1 Å². The molecule has 0 fully saturated rings. The zero-order valence-corrected chi connectivity index (χ0v) is 10.6. The Labute approximate surface area is 107 Å². The van der Waals surface area contributed by atoms with Gasteiger partial charge in [0.05, 0.1) is 0 Å². The predicted molar refractivity (Wildman–Crippen MR) is 69.7 cm³/mol. The highest BCUT2D eigenvalue weighted by Gasteiger charge is 2.30. The lowest BCUT2D eigenvalue weighted by molar-refractivity contribution is 0.0609. The molecular weight excluding hydrogens is 228 g/mol. The van der Waals surface area contributed by atoms with Gasteiger partial charge in [-0.2, -0.15) is 0 Å². The maximum absolute atomic E-state index is 10.8. The zero-order chi connectivity index (χ0) is 13.0. The number of aliphatic hydroxyl groups is 1. The van der Waals surface area contributed by atoms with Gasteiger partial charge in [-0.3, -0.25) is 0 Å². The van der Waals surface area contributed by atoms with Gasteiger partial charge in [-0.1, -0.05) is 26.3 Å². The fourth-order valence-corrected chi connectivity index (χ4v) is 2.13. The van der Waals surface area contributed by atoms with E-state index < -0.39 is 5.60 Å². The first-order valence-electron chi connectivity index (χ1n) is 6.19. The molecule has 96 valence electrons. The van der Waals surface area contributed by atoms with Crippen molar-refractivity contribution in [2.45, 2.75) is 31.8 Å². The Hall–Kier alpha value is -1.70. The van der Waals surface area contributed by atoms with Gasteiger partial charge in [-0.25, -0.2) is 0 Å². The molecule has 2 bridgehead atoms. The second-order valence-electron chi connectivity index (χ2n) is 4.44. The highest BCUT2D eigenvalue weighted by molar-refractivity contribution is 5.46. The first-order valence-corrected chi connectivity index (χ1v) is 6.19. The Morgan fingerprint density at radius 3 is 3.06 bits per heavy atom. The van der Waals surface area contributed by atoms with Gasteiger partial charge in [0.1, 0.15) is 17.1 Å². The smallest absolute Gasteiger partial charge is 0.230 e. The molecule has 0 aromatic heterocycles. The molecule has 1 aromatic rings. The van der Waals surface area contributed by atoms with Crippen LogP contribution >= 0.6 is 0 Å². The average molecular weight is 246 g/mol. The number of fused-ring (bicyclic) bond motifs is 2. The van der Waals surface area contributed by atoms with Crippen molar-refractivity contribution < 1.29 is 14.6 Å². The van der Waals surface area contributed by atoms with Gasteiger partial charge in [0.15, 0.2) is 0 Å². The summed E-state index contributed by atoms with van der Waals surface area (Å²) in [4.78, 5) is 0. The zero-order valence-electron chi connectivity index (χ0n) is 10.6. The van der Waals surface area contributed by atoms with Crippen LogP contribution in [0.4, 0.5) is 0 Å². The summed E-state index contributed by atoms with van der Waals surface area (Å²) in [6.45, 7) is 5.84. The van der Waals surface area contributed by atoms with Crippen molar-refractivity contribution in [2.75, 3.05) is 6.79 Å². The maximum Gasteiger partial charge on any atom is 0.230 e. The summed E-state index contributed by atoms with van der Waals surface area (Å²) >= 11 is 0. The molecule has 1 atom stereocenters. The Bertz CT molecular complexity index is 475. The molecular formula is C15H18O3. The summed E-state index contributed by atoms with van der Waals surface area (Å²) in [5.41, 5.74) is 2.37. The molecule has 1 heterocycles. The molecule has 1 aliphatic rings. The lowest BCUT2D eigenvalue weighted by atomic mass is 9.87. The molecule has 0 spiro atoms. The summed E-state index contributed by atoms with van der Waals surface area (Å²) in [7, 11) is 0. The van der Waals surface area contributed by atoms with Crippen molar-refractivity contribution in [3.63, 3.8) is 0 Å². The molecule has 3 nitrogen and oxygen atoms in total. The Morgan fingerprint density at radius 1 is 1.50 bits per heavy atom. The van der Waals surface area contributed by atoms with Gasteiger partial charge >= 0.3 is 0 Å². The van der Waals surface area contributed by atoms with Crippen molar-refractivity contribution in [3.8, 4) is 11.5 Å². The molecule has 18 heavy (non-hydrogen) atoms. The van der Waals surface area contributed by atoms with Crippen LogP contribution in [0.25, 0.3) is 0 Å². The van der Waals surface area contributed by atoms with Crippen LogP contribution in [0.3, 0.4) is 0 Å². The minimum absolute atomic E-state index is 0.191. The van der Waals surface area contributed by atoms with E-state index >= 15 is 0 Å². The van der Waals surface area contributed by atoms with Crippen molar-refractivity contribution in [2.24, 2.45) is 0 Å². The van der Waals surface area contributed by atoms with Crippen LogP contribution in [0, 0.1) is 0 Å². The van der Waals surface area contributed by atoms with Crippen molar-refractivity contribution in [1.82, 2.24) is 0 Å². The first kappa shape index (κ1) is 12.7. The van der Waals surface area contributed by atoms with Gasteiger partial charge in [0, 0.05) is 11.6 Å². The summed E-state index contributed by atoms with van der Waals surface area (Å²) < 4.78 is 10.7. The van der Waals surface area contributed by atoms with Gasteiger partial charge in [0.2, 0.25) is 6.79 Å². The molecule has 2 rings (SSSR count). The van der Waals surface area contributed by atoms with Gasteiger partial charge in [-0.05, 0) is 24.6 Å². The molecule has 0 saturated heterocycles. The minimum atomic E-state index is -1.07. The van der Waals surface area contributed by atoms with Crippen LogP contribution < -0.4 is 9.47 Å². The molecule has 0 radical (unpaired) electrons. The lowest BCUT2D eigenvalue weighted by Crippen LogP contribution is -2.25. The molecule has 1 aliphatic heterocycles. The summed E-state index contributed by atoms with van der Waals surface area (Å²) in [5, 5.41) is 10.8. The average Bonchev–Trinajstić information content (AvgIpc) is 2.37. The fourth-order valence-electron chi connectivity index (χ4n) is 2.13. The second kappa shape index (κ2) is 5.30. The molecule has 0 aliphatic carbocycles. The van der Waals surface area contributed by atoms with E-state index in [1.165, 1.54) is 0 Å². The normalized spacial score (nSPS) is 15.9. The van der Waals surface area contributed by atoms with E-state index in [4.69, 9.17) is 9.47 Å². The largest absolute Gasteiger partial charge is 0.457 e. The lowest BCUT2D eigenvalue weighted by Gasteiger charge is -2.28. The number of unbranched alkanes of at least 4 members (excludes halogenated alkanes) is 1. The van der Waals surface area contributed by atoms with Crippen LogP contribution in [0.1, 0.15) is 31.7 Å². The summed E-state index contributed by atoms with van der Waals surface area (Å²) in [6, 6.07) is 5.48. The van der Waals surface area contributed by atoms with Crippen molar-refractivity contribution in [1.29, 1.82) is 0 Å². The SMILES string of the molecule is C=C=CC(O)(CCCC)c1ccc2cc1OCO2. The van der Waals surface area contributed by atoms with Crippen LogP contribution in [-0.4, -0.2) is 11.9 Å². The number of hydrogen-bond donors (Lipinski definition) is 1. The van der Waals surface area contributed by atoms with E-state index in [2.05, 4.69) is 19.2 Å². The Balaban J connectivity index is 2.39. The molecule has 0 saturated carbocycles.